The molecule has 0 spiro atoms. The Bertz CT molecular complexity index is 1400. The van der Waals surface area contributed by atoms with Crippen LogP contribution in [0.4, 0.5) is 15.3 Å². The first-order chi connectivity index (χ1) is 22.9. The lowest BCUT2D eigenvalue weighted by Gasteiger charge is -2.41. The van der Waals surface area contributed by atoms with Gasteiger partial charge in [0.2, 0.25) is 11.8 Å². The summed E-state index contributed by atoms with van der Waals surface area (Å²) in [5.74, 6) is -0.355. The van der Waals surface area contributed by atoms with E-state index >= 15 is 0 Å². The number of piperidine rings is 3. The highest BCUT2D eigenvalue weighted by atomic mass is 16.2. The van der Waals surface area contributed by atoms with Crippen molar-refractivity contribution in [1.82, 2.24) is 30.2 Å². The molecule has 3 fully saturated rings. The van der Waals surface area contributed by atoms with Crippen molar-refractivity contribution in [3.63, 3.8) is 0 Å². The van der Waals surface area contributed by atoms with E-state index in [4.69, 9.17) is 0 Å². The Kier molecular flexibility index (Phi) is 10.6. The molecule has 0 unspecified atom stereocenters. The van der Waals surface area contributed by atoms with Crippen LogP contribution in [0, 0.1) is 0 Å². The molecule has 6 rings (SSSR count). The molecule has 3 N–H and O–H groups in total. The highest BCUT2D eigenvalue weighted by Crippen LogP contribution is 2.28. The molecule has 2 aromatic carbocycles. The lowest BCUT2D eigenvalue weighted by Crippen LogP contribution is -2.56. The van der Waals surface area contributed by atoms with Crippen LogP contribution in [-0.4, -0.2) is 101 Å². The van der Waals surface area contributed by atoms with Gasteiger partial charge in [-0.1, -0.05) is 55.0 Å². The molecule has 252 valence electrons. The topological polar surface area (TPSA) is 117 Å². The Morgan fingerprint density at radius 2 is 1.43 bits per heavy atom. The van der Waals surface area contributed by atoms with E-state index in [9.17, 15) is 19.2 Å². The summed E-state index contributed by atoms with van der Waals surface area (Å²) in [7, 11) is 0. The maximum atomic E-state index is 13.9. The van der Waals surface area contributed by atoms with Crippen molar-refractivity contribution in [2.75, 3.05) is 44.6 Å². The van der Waals surface area contributed by atoms with Gasteiger partial charge < -0.3 is 35.6 Å². The number of carbonyl (C=O) groups is 4. The second-order valence-corrected chi connectivity index (χ2v) is 13.5. The van der Waals surface area contributed by atoms with E-state index in [1.165, 1.54) is 19.3 Å². The number of rotatable bonds is 8. The predicted octanol–water partition coefficient (Wildman–Crippen LogP) is 4.32. The van der Waals surface area contributed by atoms with Crippen molar-refractivity contribution < 1.29 is 19.2 Å². The zero-order valence-corrected chi connectivity index (χ0v) is 27.5. The average molecular weight is 644 g/mol. The number of nitrogens with zero attached hydrogens (tertiary/aromatic N) is 4. The minimum Gasteiger partial charge on any atom is -0.342 e. The largest absolute Gasteiger partial charge is 0.342 e. The standard InChI is InChI=1S/C36H49N7O4/c1-26(27-10-4-2-5-11-27)37-35(46)38-32(34(45)42-22-14-29(15-23-42)40-18-8-3-9-19-40)24-33(44)41-20-16-30(17-21-41)43-25-28-12-6-7-13-31(28)39-36(43)47/h2,4-7,10-13,26,29-30,32H,3,8-9,14-25H2,1H3,(H,39,47)(H2,37,38,46)/t26-,32+/m1/s1. The van der Waals surface area contributed by atoms with Crippen molar-refractivity contribution in [3.8, 4) is 0 Å². The van der Waals surface area contributed by atoms with Gasteiger partial charge in [0.05, 0.1) is 12.5 Å². The summed E-state index contributed by atoms with van der Waals surface area (Å²) in [5.41, 5.74) is 2.88. The average Bonchev–Trinajstić information content (AvgIpc) is 3.11. The Hall–Kier alpha value is -4.12. The minimum atomic E-state index is -0.959. The van der Waals surface area contributed by atoms with Crippen molar-refractivity contribution in [2.45, 2.75) is 89.0 Å². The molecule has 47 heavy (non-hydrogen) atoms. The van der Waals surface area contributed by atoms with E-state index in [0.29, 0.717) is 51.6 Å². The molecule has 4 aliphatic rings. The van der Waals surface area contributed by atoms with Gasteiger partial charge in [-0.25, -0.2) is 9.59 Å². The molecular weight excluding hydrogens is 594 g/mol. The van der Waals surface area contributed by atoms with Gasteiger partial charge in [0.15, 0.2) is 0 Å². The summed E-state index contributed by atoms with van der Waals surface area (Å²) >= 11 is 0. The van der Waals surface area contributed by atoms with Gasteiger partial charge in [-0.3, -0.25) is 9.59 Å². The maximum Gasteiger partial charge on any atom is 0.322 e. The lowest BCUT2D eigenvalue weighted by molar-refractivity contribution is -0.140. The number of fused-ring (bicyclic) bond motifs is 1. The second-order valence-electron chi connectivity index (χ2n) is 13.5. The third kappa shape index (κ3) is 8.06. The van der Waals surface area contributed by atoms with Crippen molar-refractivity contribution in [3.05, 3.63) is 65.7 Å². The molecule has 4 aliphatic heterocycles. The molecule has 2 aromatic rings. The van der Waals surface area contributed by atoms with Gasteiger partial charge in [0, 0.05) is 50.5 Å². The second kappa shape index (κ2) is 15.2. The molecule has 11 heteroatoms. The van der Waals surface area contributed by atoms with Gasteiger partial charge in [-0.15, -0.1) is 0 Å². The van der Waals surface area contributed by atoms with Crippen molar-refractivity contribution in [2.24, 2.45) is 0 Å². The number of benzene rings is 2. The van der Waals surface area contributed by atoms with Gasteiger partial charge >= 0.3 is 12.1 Å². The Labute approximate surface area is 278 Å². The Morgan fingerprint density at radius 3 is 2.15 bits per heavy atom. The number of anilines is 1. The van der Waals surface area contributed by atoms with E-state index in [-0.39, 0.29) is 36.3 Å². The number of hydrogen-bond donors (Lipinski definition) is 3. The fraction of sp³-hybridized carbons (Fsp3) is 0.556. The molecular formula is C36H49N7O4. The highest BCUT2D eigenvalue weighted by Gasteiger charge is 2.36. The molecule has 4 heterocycles. The van der Waals surface area contributed by atoms with Crippen LogP contribution in [0.3, 0.4) is 0 Å². The normalized spacial score (nSPS) is 21.0. The number of amides is 6. The van der Waals surface area contributed by atoms with Crippen LogP contribution in [-0.2, 0) is 16.1 Å². The summed E-state index contributed by atoms with van der Waals surface area (Å²) in [6.45, 7) is 6.94. The number of likely N-dealkylation sites (tertiary alicyclic amines) is 3. The SMILES string of the molecule is C[C@@H](NC(=O)N[C@@H](CC(=O)N1CCC(N2Cc3ccccc3NC2=O)CC1)C(=O)N1CCC(N2CCCCC2)CC1)c1ccccc1. The number of urea groups is 2. The Balaban J connectivity index is 1.06. The molecule has 11 nitrogen and oxygen atoms in total. The first-order valence-electron chi connectivity index (χ1n) is 17.4. The van der Waals surface area contributed by atoms with Crippen LogP contribution in [0.25, 0.3) is 0 Å². The summed E-state index contributed by atoms with van der Waals surface area (Å²) in [6.07, 6.45) is 6.80. The molecule has 0 bridgehead atoms. The van der Waals surface area contributed by atoms with Crippen LogP contribution < -0.4 is 16.0 Å². The van der Waals surface area contributed by atoms with E-state index in [0.717, 1.165) is 42.7 Å². The van der Waals surface area contributed by atoms with Crippen molar-refractivity contribution in [1.29, 1.82) is 0 Å². The van der Waals surface area contributed by atoms with Crippen LogP contribution in [0.5, 0.6) is 0 Å². The summed E-state index contributed by atoms with van der Waals surface area (Å²) < 4.78 is 0. The van der Waals surface area contributed by atoms with E-state index in [2.05, 4.69) is 20.9 Å². The van der Waals surface area contributed by atoms with E-state index < -0.39 is 12.1 Å². The molecule has 0 aromatic heterocycles. The third-order valence-corrected chi connectivity index (χ3v) is 10.4. The van der Waals surface area contributed by atoms with E-state index in [1.54, 1.807) is 4.90 Å². The number of hydrogen-bond acceptors (Lipinski definition) is 5. The molecule has 6 amide bonds. The summed E-state index contributed by atoms with van der Waals surface area (Å²) in [6, 6.07) is 16.2. The fourth-order valence-electron chi connectivity index (χ4n) is 7.63. The van der Waals surface area contributed by atoms with Gasteiger partial charge in [0.25, 0.3) is 0 Å². The Morgan fingerprint density at radius 1 is 0.787 bits per heavy atom. The smallest absolute Gasteiger partial charge is 0.322 e. The zero-order chi connectivity index (χ0) is 32.8. The highest BCUT2D eigenvalue weighted by molar-refractivity contribution is 5.93. The summed E-state index contributed by atoms with van der Waals surface area (Å²) in [4.78, 5) is 61.7. The monoisotopic (exact) mass is 643 g/mol. The molecule has 0 aliphatic carbocycles. The first-order valence-corrected chi connectivity index (χ1v) is 17.4. The number of para-hydroxylation sites is 1. The van der Waals surface area contributed by atoms with Gasteiger partial charge in [-0.2, -0.15) is 0 Å². The third-order valence-electron chi connectivity index (χ3n) is 10.4. The lowest BCUT2D eigenvalue weighted by atomic mass is 9.98. The van der Waals surface area contributed by atoms with Crippen molar-refractivity contribution >= 4 is 29.6 Å². The molecule has 0 radical (unpaired) electrons. The molecule has 0 saturated carbocycles. The van der Waals surface area contributed by atoms with E-state index in [1.807, 2.05) is 71.3 Å². The van der Waals surface area contributed by atoms with Crippen LogP contribution in [0.15, 0.2) is 54.6 Å². The zero-order valence-electron chi connectivity index (χ0n) is 27.5. The number of carbonyl (C=O) groups excluding carboxylic acids is 4. The first kappa shape index (κ1) is 32.8. The van der Waals surface area contributed by atoms with Crippen LogP contribution in [0.1, 0.15) is 75.5 Å². The predicted molar refractivity (Wildman–Crippen MR) is 181 cm³/mol. The quantitative estimate of drug-likeness (QED) is 0.396. The fourth-order valence-corrected chi connectivity index (χ4v) is 7.63. The maximum absolute atomic E-state index is 13.9. The molecule has 2 atom stereocenters. The van der Waals surface area contributed by atoms with Gasteiger partial charge in [-0.05, 0) is 75.7 Å². The van der Waals surface area contributed by atoms with Crippen LogP contribution in [0.2, 0.25) is 0 Å². The minimum absolute atomic E-state index is 0.0226. The molecule has 3 saturated heterocycles. The van der Waals surface area contributed by atoms with Gasteiger partial charge in [0.1, 0.15) is 6.04 Å². The van der Waals surface area contributed by atoms with Crippen LogP contribution >= 0.6 is 0 Å². The number of nitrogens with one attached hydrogen (secondary N) is 3. The summed E-state index contributed by atoms with van der Waals surface area (Å²) in [5, 5.41) is 8.81.